The van der Waals surface area contributed by atoms with Crippen molar-refractivity contribution in [1.29, 1.82) is 0 Å². The summed E-state index contributed by atoms with van der Waals surface area (Å²) in [6.07, 6.45) is -0.833. The van der Waals surface area contributed by atoms with Gasteiger partial charge in [0.25, 0.3) is 0 Å². The van der Waals surface area contributed by atoms with E-state index in [0.29, 0.717) is 13.1 Å². The predicted molar refractivity (Wildman–Crippen MR) is 28.3 cm³/mol. The molecule has 1 aliphatic rings. The highest BCUT2D eigenvalue weighted by Crippen LogP contribution is 2.10. The molecule has 1 aliphatic heterocycles. The molecule has 0 aromatic rings. The molecule has 8 heavy (non-hydrogen) atoms. The van der Waals surface area contributed by atoms with Crippen LogP contribution >= 0.6 is 0 Å². The molecule has 0 bridgehead atoms. The molecule has 48 valence electrons. The highest BCUT2D eigenvalue weighted by Gasteiger charge is 2.25. The van der Waals surface area contributed by atoms with E-state index in [1.54, 1.807) is 0 Å². The van der Waals surface area contributed by atoms with E-state index in [0.717, 1.165) is 0 Å². The van der Waals surface area contributed by atoms with E-state index >= 15 is 0 Å². The lowest BCUT2D eigenvalue weighted by atomic mass is 10.1. The maximum absolute atomic E-state index is 12.4. The summed E-state index contributed by atoms with van der Waals surface area (Å²) in [5, 5.41) is 11.3. The Morgan fingerprint density at radius 1 is 1.62 bits per heavy atom. The second-order valence-electron chi connectivity index (χ2n) is 2.12. The summed E-state index contributed by atoms with van der Waals surface area (Å²) in [4.78, 5) is 0. The van der Waals surface area contributed by atoms with Crippen LogP contribution in [0, 0.1) is 5.92 Å². The highest BCUT2D eigenvalue weighted by atomic mass is 19.1. The van der Waals surface area contributed by atoms with Crippen LogP contribution < -0.4 is 5.32 Å². The molecule has 2 atom stereocenters. The maximum Gasteiger partial charge on any atom is 0.119 e. The lowest BCUT2D eigenvalue weighted by molar-refractivity contribution is 0.175. The number of aliphatic hydroxyl groups excluding tert-OH is 1. The van der Waals surface area contributed by atoms with Crippen LogP contribution in [-0.4, -0.2) is 31.0 Å². The molecule has 2 N–H and O–H groups in total. The van der Waals surface area contributed by atoms with Gasteiger partial charge < -0.3 is 10.4 Å². The molecule has 2 nitrogen and oxygen atoms in total. The summed E-state index contributed by atoms with van der Waals surface area (Å²) < 4.78 is 12.4. The number of hydrogen-bond donors (Lipinski definition) is 2. The first-order valence-corrected chi connectivity index (χ1v) is 2.80. The molecule has 0 unspecified atom stereocenters. The number of rotatable bonds is 1. The highest BCUT2D eigenvalue weighted by molar-refractivity contribution is 4.79. The number of alkyl halides is 1. The molecule has 0 spiro atoms. The molecule has 3 heteroatoms. The fraction of sp³-hybridized carbons (Fsp3) is 1.00. The van der Waals surface area contributed by atoms with E-state index in [9.17, 15) is 4.39 Å². The summed E-state index contributed by atoms with van der Waals surface area (Å²) in [7, 11) is 0. The van der Waals surface area contributed by atoms with Crippen LogP contribution in [-0.2, 0) is 0 Å². The Bertz CT molecular complexity index is 78.8. The van der Waals surface area contributed by atoms with Crippen molar-refractivity contribution >= 4 is 0 Å². The Balaban J connectivity index is 2.30. The second kappa shape index (κ2) is 2.42. The summed E-state index contributed by atoms with van der Waals surface area (Å²) in [6.45, 7) is 0.997. The fourth-order valence-corrected chi connectivity index (χ4v) is 0.880. The van der Waals surface area contributed by atoms with Gasteiger partial charge in [-0.2, -0.15) is 0 Å². The predicted octanol–water partition coefficient (Wildman–Crippen LogP) is -0.464. The van der Waals surface area contributed by atoms with Crippen LogP contribution in [0.2, 0.25) is 0 Å². The van der Waals surface area contributed by atoms with Gasteiger partial charge >= 0.3 is 0 Å². The van der Waals surface area contributed by atoms with Gasteiger partial charge in [0.15, 0.2) is 0 Å². The van der Waals surface area contributed by atoms with Gasteiger partial charge in [-0.25, -0.2) is 4.39 Å². The summed E-state index contributed by atoms with van der Waals surface area (Å²) in [5.74, 6) is -0.157. The summed E-state index contributed by atoms with van der Waals surface area (Å²) >= 11 is 0. The molecular weight excluding hydrogens is 109 g/mol. The molecule has 0 amide bonds. The number of hydrogen-bond acceptors (Lipinski definition) is 2. The van der Waals surface area contributed by atoms with Crippen LogP contribution in [0.5, 0.6) is 0 Å². The van der Waals surface area contributed by atoms with E-state index in [-0.39, 0.29) is 12.5 Å². The molecule has 0 aromatic heterocycles. The van der Waals surface area contributed by atoms with E-state index < -0.39 is 6.17 Å². The van der Waals surface area contributed by atoms with Gasteiger partial charge in [0.2, 0.25) is 0 Å². The average Bonchev–Trinajstić information content (AvgIpc) is 2.14. The van der Waals surface area contributed by atoms with Crippen molar-refractivity contribution in [2.24, 2.45) is 5.92 Å². The van der Waals surface area contributed by atoms with Gasteiger partial charge in [-0.1, -0.05) is 0 Å². The first-order chi connectivity index (χ1) is 3.84. The monoisotopic (exact) mass is 119 g/mol. The van der Waals surface area contributed by atoms with Crippen LogP contribution in [0.25, 0.3) is 0 Å². The fourth-order valence-electron chi connectivity index (χ4n) is 0.880. The second-order valence-corrected chi connectivity index (χ2v) is 2.12. The molecule has 1 fully saturated rings. The maximum atomic E-state index is 12.4. The Labute approximate surface area is 47.7 Å². The van der Waals surface area contributed by atoms with Crippen LogP contribution in [0.3, 0.4) is 0 Å². The third-order valence-corrected chi connectivity index (χ3v) is 1.49. The van der Waals surface area contributed by atoms with Crippen molar-refractivity contribution in [1.82, 2.24) is 5.32 Å². The van der Waals surface area contributed by atoms with Crippen molar-refractivity contribution in [2.75, 3.05) is 19.7 Å². The number of halogens is 1. The minimum Gasteiger partial charge on any atom is -0.396 e. The Kier molecular flexibility index (Phi) is 1.81. The Morgan fingerprint density at radius 3 is 2.62 bits per heavy atom. The summed E-state index contributed by atoms with van der Waals surface area (Å²) in [5.41, 5.74) is 0. The van der Waals surface area contributed by atoms with E-state index in [2.05, 4.69) is 5.32 Å². The molecule has 1 rings (SSSR count). The number of aliphatic hydroxyl groups is 1. The minimum atomic E-state index is -0.833. The van der Waals surface area contributed by atoms with Crippen molar-refractivity contribution in [3.05, 3.63) is 0 Å². The van der Waals surface area contributed by atoms with Gasteiger partial charge in [-0.05, 0) is 0 Å². The molecule has 0 aliphatic carbocycles. The molecule has 0 saturated carbocycles. The normalized spacial score (nSPS) is 38.2. The van der Waals surface area contributed by atoms with Gasteiger partial charge in [0, 0.05) is 25.6 Å². The standard InChI is InChI=1S/C5H10FNO/c6-5-2-7-1-4(5)3-8/h4-5,7-8H,1-3H2/t4-,5-/m0/s1. The molecule has 1 heterocycles. The third-order valence-electron chi connectivity index (χ3n) is 1.49. The SMILES string of the molecule is OC[C@@H]1CNC[C@@H]1F. The van der Waals surface area contributed by atoms with Crippen molar-refractivity contribution in [3.63, 3.8) is 0 Å². The smallest absolute Gasteiger partial charge is 0.119 e. The first kappa shape index (κ1) is 5.98. The average molecular weight is 119 g/mol. The van der Waals surface area contributed by atoms with Crippen LogP contribution in [0.15, 0.2) is 0 Å². The Hall–Kier alpha value is -0.150. The van der Waals surface area contributed by atoms with Crippen LogP contribution in [0.1, 0.15) is 0 Å². The van der Waals surface area contributed by atoms with Gasteiger partial charge in [-0.15, -0.1) is 0 Å². The van der Waals surface area contributed by atoms with Crippen LogP contribution in [0.4, 0.5) is 4.39 Å². The number of nitrogens with one attached hydrogen (secondary N) is 1. The lowest BCUT2D eigenvalue weighted by Gasteiger charge is -2.04. The van der Waals surface area contributed by atoms with Gasteiger partial charge in [-0.3, -0.25) is 0 Å². The largest absolute Gasteiger partial charge is 0.396 e. The molecule has 0 aromatic carbocycles. The van der Waals surface area contributed by atoms with Gasteiger partial charge in [0.1, 0.15) is 6.17 Å². The zero-order chi connectivity index (χ0) is 5.98. The quantitative estimate of drug-likeness (QED) is 0.489. The third kappa shape index (κ3) is 0.980. The van der Waals surface area contributed by atoms with Crippen molar-refractivity contribution in [2.45, 2.75) is 6.17 Å². The van der Waals surface area contributed by atoms with Gasteiger partial charge in [0.05, 0.1) is 0 Å². The minimum absolute atomic E-state index is 0.0336. The zero-order valence-electron chi connectivity index (χ0n) is 4.60. The zero-order valence-corrected chi connectivity index (χ0v) is 4.60. The molecule has 1 saturated heterocycles. The molecular formula is C5H10FNO. The van der Waals surface area contributed by atoms with E-state index in [1.165, 1.54) is 0 Å². The van der Waals surface area contributed by atoms with Crippen molar-refractivity contribution in [3.8, 4) is 0 Å². The topological polar surface area (TPSA) is 32.3 Å². The lowest BCUT2D eigenvalue weighted by Crippen LogP contribution is -2.16. The van der Waals surface area contributed by atoms with Crippen molar-refractivity contribution < 1.29 is 9.50 Å². The summed E-state index contributed by atoms with van der Waals surface area (Å²) in [6, 6.07) is 0. The first-order valence-electron chi connectivity index (χ1n) is 2.80. The van der Waals surface area contributed by atoms with E-state index in [4.69, 9.17) is 5.11 Å². The molecule has 0 radical (unpaired) electrons. The Morgan fingerprint density at radius 2 is 2.38 bits per heavy atom. The van der Waals surface area contributed by atoms with E-state index in [1.807, 2.05) is 0 Å².